The number of benzene rings is 3. The predicted molar refractivity (Wildman–Crippen MR) is 138 cm³/mol. The van der Waals surface area contributed by atoms with E-state index in [1.54, 1.807) is 30.3 Å². The van der Waals surface area contributed by atoms with E-state index in [0.717, 1.165) is 0 Å². The summed E-state index contributed by atoms with van der Waals surface area (Å²) in [6, 6.07) is 12.9. The largest absolute Gasteiger partial charge is 0.504 e. The molecule has 1 aliphatic rings. The molecule has 0 atom stereocenters. The van der Waals surface area contributed by atoms with Gasteiger partial charge in [-0.3, -0.25) is 4.79 Å². The molecule has 4 N–H and O–H groups in total. The number of hydrogen-bond acceptors (Lipinski definition) is 8. The number of carbonyl (C=O) groups excluding carboxylic acids is 1. The van der Waals surface area contributed by atoms with Crippen LogP contribution in [0.2, 0.25) is 10.0 Å². The van der Waals surface area contributed by atoms with Crippen molar-refractivity contribution in [1.29, 1.82) is 0 Å². The third kappa shape index (κ3) is 4.61. The van der Waals surface area contributed by atoms with Gasteiger partial charge in [-0.2, -0.15) is 5.10 Å². The predicted octanol–water partition coefficient (Wildman–Crippen LogP) is 5.09. The zero-order valence-corrected chi connectivity index (χ0v) is 20.5. The molecule has 5 rings (SSSR count). The van der Waals surface area contributed by atoms with Crippen LogP contribution in [0.3, 0.4) is 0 Å². The van der Waals surface area contributed by atoms with E-state index in [9.17, 15) is 20.1 Å². The van der Waals surface area contributed by atoms with Crippen molar-refractivity contribution < 1.29 is 24.9 Å². The fourth-order valence-corrected chi connectivity index (χ4v) is 4.71. The summed E-state index contributed by atoms with van der Waals surface area (Å²) in [6.07, 6.45) is 1.32. The maximum atomic E-state index is 11.8. The van der Waals surface area contributed by atoms with Gasteiger partial charge in [-0.1, -0.05) is 23.2 Å². The molecule has 182 valence electrons. The number of halogens is 2. The molecule has 0 saturated heterocycles. The van der Waals surface area contributed by atoms with E-state index in [-0.39, 0.29) is 18.1 Å². The molecule has 1 aliphatic heterocycles. The number of phenolic OH excluding ortho intramolecular Hbond substituents is 3. The maximum absolute atomic E-state index is 11.8. The quantitative estimate of drug-likeness (QED) is 0.211. The van der Waals surface area contributed by atoms with E-state index in [1.165, 1.54) is 34.4 Å². The average molecular weight is 543 g/mol. The second-order valence-corrected chi connectivity index (χ2v) is 9.27. The van der Waals surface area contributed by atoms with Gasteiger partial charge in [0.2, 0.25) is 10.6 Å². The Morgan fingerprint density at radius 3 is 2.69 bits per heavy atom. The zero-order chi connectivity index (χ0) is 25.4. The third-order valence-corrected chi connectivity index (χ3v) is 6.55. The van der Waals surface area contributed by atoms with Crippen molar-refractivity contribution in [3.8, 4) is 34.3 Å². The first-order valence-corrected chi connectivity index (χ1v) is 12.0. The van der Waals surface area contributed by atoms with E-state index in [0.29, 0.717) is 43.2 Å². The van der Waals surface area contributed by atoms with Crippen LogP contribution in [0.15, 0.2) is 64.0 Å². The summed E-state index contributed by atoms with van der Waals surface area (Å²) < 4.78 is 6.96. The van der Waals surface area contributed by atoms with Crippen LogP contribution in [0, 0.1) is 0 Å². The second kappa shape index (κ2) is 9.57. The highest BCUT2D eigenvalue weighted by Crippen LogP contribution is 2.37. The van der Waals surface area contributed by atoms with E-state index in [4.69, 9.17) is 27.9 Å². The number of thiazole rings is 1. The molecule has 12 heteroatoms. The highest BCUT2D eigenvalue weighted by atomic mass is 35.5. The van der Waals surface area contributed by atoms with Gasteiger partial charge in [-0.25, -0.2) is 9.67 Å². The number of hydrogen-bond donors (Lipinski definition) is 4. The summed E-state index contributed by atoms with van der Waals surface area (Å²) in [6.45, 7) is -0.0526. The smallest absolute Gasteiger partial charge is 0.262 e. The van der Waals surface area contributed by atoms with Crippen LogP contribution >= 0.6 is 34.5 Å². The van der Waals surface area contributed by atoms with Gasteiger partial charge in [0.1, 0.15) is 5.75 Å². The molecule has 2 heterocycles. The Hall–Kier alpha value is -3.99. The second-order valence-electron chi connectivity index (χ2n) is 7.59. The molecule has 0 saturated carbocycles. The number of phenols is 3. The Morgan fingerprint density at radius 1 is 1.06 bits per heavy atom. The van der Waals surface area contributed by atoms with E-state index in [2.05, 4.69) is 15.4 Å². The van der Waals surface area contributed by atoms with Crippen LogP contribution in [-0.4, -0.2) is 38.7 Å². The number of nitrogens with zero attached hydrogens (tertiary/aromatic N) is 3. The van der Waals surface area contributed by atoms with E-state index >= 15 is 0 Å². The van der Waals surface area contributed by atoms with Crippen LogP contribution in [-0.2, 0) is 4.79 Å². The van der Waals surface area contributed by atoms with Gasteiger partial charge < -0.3 is 25.4 Å². The molecule has 0 radical (unpaired) electrons. The Kier molecular flexibility index (Phi) is 6.31. The van der Waals surface area contributed by atoms with Crippen LogP contribution in [0.4, 0.5) is 11.4 Å². The highest BCUT2D eigenvalue weighted by Gasteiger charge is 2.18. The van der Waals surface area contributed by atoms with Gasteiger partial charge >= 0.3 is 0 Å². The molecular formula is C24H16Cl2N4O5S. The number of aromatic nitrogens is 1. The fraction of sp³-hybridized carbons (Fsp3) is 0.0417. The molecule has 0 bridgehead atoms. The lowest BCUT2D eigenvalue weighted by Gasteiger charge is -2.18. The summed E-state index contributed by atoms with van der Waals surface area (Å²) in [5.74, 6) is -1.35. The first kappa shape index (κ1) is 23.7. The molecule has 0 unspecified atom stereocenters. The highest BCUT2D eigenvalue weighted by molar-refractivity contribution is 7.07. The summed E-state index contributed by atoms with van der Waals surface area (Å²) in [5.41, 5.74) is 2.47. The van der Waals surface area contributed by atoms with Crippen molar-refractivity contribution in [2.75, 3.05) is 11.9 Å². The summed E-state index contributed by atoms with van der Waals surface area (Å²) >= 11 is 13.6. The van der Waals surface area contributed by atoms with Crippen molar-refractivity contribution in [2.24, 2.45) is 10.1 Å². The number of ether oxygens (including phenoxy) is 1. The SMILES string of the molecule is O=C1COc2ccc(-c3csc(=Nc4ccc(Cl)cc4Cl)n3N=Cc3ccc(O)c(O)c3O)cc2N1. The Bertz CT molecular complexity index is 1610. The molecule has 36 heavy (non-hydrogen) atoms. The molecule has 1 amide bonds. The summed E-state index contributed by atoms with van der Waals surface area (Å²) in [7, 11) is 0. The number of rotatable bonds is 4. The zero-order valence-electron chi connectivity index (χ0n) is 18.1. The van der Waals surface area contributed by atoms with Gasteiger partial charge in [0.05, 0.1) is 28.3 Å². The first-order valence-electron chi connectivity index (χ1n) is 10.4. The van der Waals surface area contributed by atoms with Gasteiger partial charge in [0.15, 0.2) is 18.1 Å². The van der Waals surface area contributed by atoms with Crippen molar-refractivity contribution >= 4 is 58.0 Å². The monoisotopic (exact) mass is 542 g/mol. The average Bonchev–Trinajstić information content (AvgIpc) is 3.25. The molecule has 3 aromatic carbocycles. The lowest BCUT2D eigenvalue weighted by Crippen LogP contribution is -2.25. The number of carbonyl (C=O) groups is 1. The molecule has 9 nitrogen and oxygen atoms in total. The van der Waals surface area contributed by atoms with Gasteiger partial charge in [-0.15, -0.1) is 11.3 Å². The fourth-order valence-electron chi connectivity index (χ4n) is 3.41. The number of amides is 1. The minimum absolute atomic E-state index is 0.0526. The van der Waals surface area contributed by atoms with E-state index < -0.39 is 17.2 Å². The van der Waals surface area contributed by atoms with Crippen molar-refractivity contribution in [2.45, 2.75) is 0 Å². The third-order valence-electron chi connectivity index (χ3n) is 5.19. The molecule has 1 aromatic heterocycles. The normalized spacial score (nSPS) is 13.5. The lowest BCUT2D eigenvalue weighted by atomic mass is 10.1. The van der Waals surface area contributed by atoms with Crippen LogP contribution in [0.1, 0.15) is 5.56 Å². The number of anilines is 1. The minimum atomic E-state index is -0.655. The maximum Gasteiger partial charge on any atom is 0.262 e. The van der Waals surface area contributed by atoms with E-state index in [1.807, 2.05) is 11.4 Å². The Morgan fingerprint density at radius 2 is 1.89 bits per heavy atom. The molecule has 0 aliphatic carbocycles. The minimum Gasteiger partial charge on any atom is -0.504 e. The Labute approximate surface area is 217 Å². The van der Waals surface area contributed by atoms with Crippen LogP contribution in [0.5, 0.6) is 23.0 Å². The van der Waals surface area contributed by atoms with Gasteiger partial charge in [0.25, 0.3) is 5.91 Å². The number of aromatic hydroxyl groups is 3. The van der Waals surface area contributed by atoms with Crippen molar-refractivity contribution in [3.63, 3.8) is 0 Å². The molecule has 0 spiro atoms. The van der Waals surface area contributed by atoms with Crippen molar-refractivity contribution in [1.82, 2.24) is 4.68 Å². The summed E-state index contributed by atoms with van der Waals surface area (Å²) in [4.78, 5) is 16.8. The molecule has 0 fully saturated rings. The van der Waals surface area contributed by atoms with Gasteiger partial charge in [-0.05, 0) is 48.5 Å². The van der Waals surface area contributed by atoms with Crippen LogP contribution < -0.4 is 14.9 Å². The van der Waals surface area contributed by atoms with Gasteiger partial charge in [0, 0.05) is 21.5 Å². The first-order chi connectivity index (χ1) is 17.3. The van der Waals surface area contributed by atoms with Crippen molar-refractivity contribution in [3.05, 3.63) is 74.3 Å². The number of fused-ring (bicyclic) bond motifs is 1. The standard InChI is InChI=1S/C24H16Cl2N4O5S/c25-14-3-4-16(15(26)8-14)29-24-30(27-9-13-1-5-19(31)23(34)22(13)33)18(11-36-24)12-2-6-20-17(7-12)28-21(32)10-35-20/h1-9,11,31,33-34H,10H2,(H,28,32). The molecular weight excluding hydrogens is 527 g/mol. The lowest BCUT2D eigenvalue weighted by molar-refractivity contribution is -0.118. The van der Waals surface area contributed by atoms with Crippen LogP contribution in [0.25, 0.3) is 11.3 Å². The molecule has 4 aromatic rings. The topological polar surface area (TPSA) is 129 Å². The number of nitrogens with one attached hydrogen (secondary N) is 1. The summed E-state index contributed by atoms with van der Waals surface area (Å²) in [5, 5.41) is 39.6. The Balaban J connectivity index is 1.66.